The third-order valence-electron chi connectivity index (χ3n) is 4.40. The van der Waals surface area contributed by atoms with Crippen LogP contribution in [0.1, 0.15) is 31.2 Å². The van der Waals surface area contributed by atoms with Crippen molar-refractivity contribution < 1.29 is 17.9 Å². The number of nitrogens with one attached hydrogen (secondary N) is 2. The minimum Gasteiger partial charge on any atom is -0.375 e. The molecular formula is C18H26F3N3O. The van der Waals surface area contributed by atoms with Crippen molar-refractivity contribution in [1.82, 2.24) is 10.6 Å². The van der Waals surface area contributed by atoms with Crippen molar-refractivity contribution in [3.05, 3.63) is 35.9 Å². The third kappa shape index (κ3) is 6.94. The molecule has 0 spiro atoms. The summed E-state index contributed by atoms with van der Waals surface area (Å²) in [7, 11) is 1.65. The van der Waals surface area contributed by atoms with Crippen LogP contribution in [-0.4, -0.2) is 38.4 Å². The van der Waals surface area contributed by atoms with Crippen LogP contribution >= 0.6 is 0 Å². The molecule has 2 N–H and O–H groups in total. The summed E-state index contributed by atoms with van der Waals surface area (Å²) < 4.78 is 43.7. The lowest BCUT2D eigenvalue weighted by molar-refractivity contribution is -0.182. The van der Waals surface area contributed by atoms with Gasteiger partial charge in [0.1, 0.15) is 0 Å². The van der Waals surface area contributed by atoms with Crippen LogP contribution < -0.4 is 10.6 Å². The Balaban J connectivity index is 1.61. The van der Waals surface area contributed by atoms with Crippen molar-refractivity contribution >= 4 is 5.96 Å². The monoisotopic (exact) mass is 357 g/mol. The Labute approximate surface area is 146 Å². The lowest BCUT2D eigenvalue weighted by Gasteiger charge is -2.31. The number of halogens is 3. The molecule has 25 heavy (non-hydrogen) atoms. The molecule has 0 atom stereocenters. The highest BCUT2D eigenvalue weighted by molar-refractivity contribution is 5.79. The lowest BCUT2D eigenvalue weighted by Crippen LogP contribution is -2.46. The molecule has 0 amide bonds. The zero-order valence-corrected chi connectivity index (χ0v) is 14.5. The predicted molar refractivity (Wildman–Crippen MR) is 92.4 cm³/mol. The first kappa shape index (κ1) is 19.6. The molecule has 1 aliphatic carbocycles. The molecule has 0 radical (unpaired) electrons. The van der Waals surface area contributed by atoms with Crippen molar-refractivity contribution in [2.45, 2.75) is 44.5 Å². The first-order valence-corrected chi connectivity index (χ1v) is 8.64. The van der Waals surface area contributed by atoms with E-state index in [2.05, 4.69) is 15.6 Å². The molecule has 0 aromatic heterocycles. The molecule has 0 unspecified atom stereocenters. The largest absolute Gasteiger partial charge is 0.391 e. The Hall–Kier alpha value is -1.76. The van der Waals surface area contributed by atoms with Crippen molar-refractivity contribution in [2.24, 2.45) is 10.9 Å². The average Bonchev–Trinajstić information content (AvgIpc) is 2.61. The van der Waals surface area contributed by atoms with E-state index in [1.54, 1.807) is 7.05 Å². The summed E-state index contributed by atoms with van der Waals surface area (Å²) in [6, 6.07) is 9.95. The number of alkyl halides is 3. The number of ether oxygens (including phenoxy) is 1. The van der Waals surface area contributed by atoms with E-state index in [1.807, 2.05) is 30.3 Å². The molecule has 140 valence electrons. The topological polar surface area (TPSA) is 45.7 Å². The van der Waals surface area contributed by atoms with Gasteiger partial charge in [-0.05, 0) is 31.2 Å². The van der Waals surface area contributed by atoms with Crippen molar-refractivity contribution in [3.63, 3.8) is 0 Å². The Kier molecular flexibility index (Phi) is 7.55. The standard InChI is InChI=1S/C18H26F3N3O/c1-22-17(23-11-12-25-13-14-5-3-2-4-6-14)24-16-9-7-15(8-10-16)18(19,20)21/h2-6,15-16H,7-13H2,1H3,(H2,22,23,24). The number of aliphatic imine (C=N–C) groups is 1. The van der Waals surface area contributed by atoms with Gasteiger partial charge in [0.15, 0.2) is 5.96 Å². The van der Waals surface area contributed by atoms with E-state index in [1.165, 1.54) is 0 Å². The molecule has 1 aromatic carbocycles. The second-order valence-corrected chi connectivity index (χ2v) is 6.27. The number of nitrogens with zero attached hydrogens (tertiary/aromatic N) is 1. The highest BCUT2D eigenvalue weighted by Crippen LogP contribution is 2.37. The summed E-state index contributed by atoms with van der Waals surface area (Å²) >= 11 is 0. The Morgan fingerprint density at radius 2 is 1.84 bits per heavy atom. The van der Waals surface area contributed by atoms with E-state index in [9.17, 15) is 13.2 Å². The molecule has 2 rings (SSSR count). The molecule has 0 aliphatic heterocycles. The van der Waals surface area contributed by atoms with Gasteiger partial charge in [-0.2, -0.15) is 13.2 Å². The van der Waals surface area contributed by atoms with Gasteiger partial charge in [-0.3, -0.25) is 4.99 Å². The first-order chi connectivity index (χ1) is 12.0. The maximum atomic E-state index is 12.7. The quantitative estimate of drug-likeness (QED) is 0.465. The minimum atomic E-state index is -4.07. The fourth-order valence-electron chi connectivity index (χ4n) is 2.96. The maximum absolute atomic E-state index is 12.7. The molecule has 7 heteroatoms. The first-order valence-electron chi connectivity index (χ1n) is 8.64. The van der Waals surface area contributed by atoms with Gasteiger partial charge < -0.3 is 15.4 Å². The summed E-state index contributed by atoms with van der Waals surface area (Å²) in [5.41, 5.74) is 1.12. The molecule has 1 aliphatic rings. The fraction of sp³-hybridized carbons (Fsp3) is 0.611. The van der Waals surface area contributed by atoms with Crippen LogP contribution in [0, 0.1) is 5.92 Å². The molecule has 1 aromatic rings. The zero-order valence-electron chi connectivity index (χ0n) is 14.5. The van der Waals surface area contributed by atoms with E-state index in [0.29, 0.717) is 38.6 Å². The number of hydrogen-bond donors (Lipinski definition) is 2. The number of guanidine groups is 1. The van der Waals surface area contributed by atoms with Gasteiger partial charge in [-0.25, -0.2) is 0 Å². The maximum Gasteiger partial charge on any atom is 0.391 e. The normalized spacial score (nSPS) is 21.8. The van der Waals surface area contributed by atoms with E-state index < -0.39 is 12.1 Å². The Morgan fingerprint density at radius 1 is 1.16 bits per heavy atom. The number of hydrogen-bond acceptors (Lipinski definition) is 2. The van der Waals surface area contributed by atoms with Crippen molar-refractivity contribution in [3.8, 4) is 0 Å². The van der Waals surface area contributed by atoms with Crippen LogP contribution in [0.5, 0.6) is 0 Å². The van der Waals surface area contributed by atoms with Crippen molar-refractivity contribution in [1.29, 1.82) is 0 Å². The highest BCUT2D eigenvalue weighted by Gasteiger charge is 2.41. The summed E-state index contributed by atoms with van der Waals surface area (Å²) in [5, 5.41) is 6.34. The van der Waals surface area contributed by atoms with Crippen molar-refractivity contribution in [2.75, 3.05) is 20.2 Å². The highest BCUT2D eigenvalue weighted by atomic mass is 19.4. The minimum absolute atomic E-state index is 0.0371. The third-order valence-corrected chi connectivity index (χ3v) is 4.40. The zero-order chi connectivity index (χ0) is 18.1. The van der Waals surface area contributed by atoms with Crippen LogP contribution in [0.15, 0.2) is 35.3 Å². The van der Waals surface area contributed by atoms with Crippen LogP contribution in [-0.2, 0) is 11.3 Å². The average molecular weight is 357 g/mol. The van der Waals surface area contributed by atoms with Crippen LogP contribution in [0.4, 0.5) is 13.2 Å². The molecule has 1 fully saturated rings. The van der Waals surface area contributed by atoms with Gasteiger partial charge >= 0.3 is 6.18 Å². The molecule has 1 saturated carbocycles. The molecule has 0 bridgehead atoms. The van der Waals surface area contributed by atoms with Gasteiger partial charge in [0, 0.05) is 19.6 Å². The Morgan fingerprint density at radius 3 is 2.44 bits per heavy atom. The predicted octanol–water partition coefficient (Wildman–Crippen LogP) is 3.49. The SMILES string of the molecule is CN=C(NCCOCc1ccccc1)NC1CCC(C(F)(F)F)CC1. The molecule has 0 saturated heterocycles. The number of rotatable bonds is 6. The summed E-state index contributed by atoms with van der Waals surface area (Å²) in [6.45, 7) is 1.66. The van der Waals surface area contributed by atoms with Gasteiger partial charge in [-0.15, -0.1) is 0 Å². The summed E-state index contributed by atoms with van der Waals surface area (Å²) in [4.78, 5) is 4.12. The number of benzene rings is 1. The van der Waals surface area contributed by atoms with E-state index in [-0.39, 0.29) is 18.9 Å². The molecular weight excluding hydrogens is 331 g/mol. The Bertz CT molecular complexity index is 526. The second-order valence-electron chi connectivity index (χ2n) is 6.27. The molecule has 0 heterocycles. The van der Waals surface area contributed by atoms with E-state index in [0.717, 1.165) is 5.56 Å². The fourth-order valence-corrected chi connectivity index (χ4v) is 2.96. The van der Waals surface area contributed by atoms with Gasteiger partial charge in [-0.1, -0.05) is 30.3 Å². The lowest BCUT2D eigenvalue weighted by atomic mass is 9.85. The summed E-state index contributed by atoms with van der Waals surface area (Å²) in [6.07, 6.45) is -2.69. The molecule has 4 nitrogen and oxygen atoms in total. The van der Waals surface area contributed by atoms with E-state index in [4.69, 9.17) is 4.74 Å². The van der Waals surface area contributed by atoms with E-state index >= 15 is 0 Å². The van der Waals surface area contributed by atoms with Gasteiger partial charge in [0.25, 0.3) is 0 Å². The van der Waals surface area contributed by atoms with Crippen LogP contribution in [0.3, 0.4) is 0 Å². The second kappa shape index (κ2) is 9.65. The van der Waals surface area contributed by atoms with Gasteiger partial charge in [0.05, 0.1) is 19.1 Å². The van der Waals surface area contributed by atoms with Crippen LogP contribution in [0.2, 0.25) is 0 Å². The van der Waals surface area contributed by atoms with Gasteiger partial charge in [0.2, 0.25) is 0 Å². The smallest absolute Gasteiger partial charge is 0.375 e. The summed E-state index contributed by atoms with van der Waals surface area (Å²) in [5.74, 6) is -0.550. The van der Waals surface area contributed by atoms with Crippen LogP contribution in [0.25, 0.3) is 0 Å².